The Hall–Kier alpha value is -1.46. The molecule has 0 aromatic heterocycles. The molecule has 6 heteroatoms. The summed E-state index contributed by atoms with van der Waals surface area (Å²) in [6, 6.07) is 5.12. The minimum Gasteiger partial charge on any atom is -0.454 e. The van der Waals surface area contributed by atoms with Crippen LogP contribution in [0.2, 0.25) is 0 Å². The normalized spacial score (nSPS) is 15.5. The molecule has 0 saturated carbocycles. The van der Waals surface area contributed by atoms with Gasteiger partial charge in [0.2, 0.25) is 12.7 Å². The molecule has 0 spiro atoms. The van der Waals surface area contributed by atoms with E-state index < -0.39 is 0 Å². The number of anilines is 1. The average molecular weight is 273 g/mol. The van der Waals surface area contributed by atoms with E-state index in [0.717, 1.165) is 0 Å². The molecule has 1 aromatic carbocycles. The number of rotatable bonds is 3. The molecule has 0 bridgehead atoms. The van der Waals surface area contributed by atoms with Gasteiger partial charge in [-0.25, -0.2) is 0 Å². The first-order chi connectivity index (χ1) is 8.08. The zero-order valence-corrected chi connectivity index (χ0v) is 11.1. The number of halogens is 1. The summed E-state index contributed by atoms with van der Waals surface area (Å²) in [7, 11) is 0. The van der Waals surface area contributed by atoms with Gasteiger partial charge in [-0.3, -0.25) is 4.79 Å². The maximum Gasteiger partial charge on any atom is 0.231 e. The van der Waals surface area contributed by atoms with Gasteiger partial charge in [0.25, 0.3) is 0 Å². The zero-order valence-electron chi connectivity index (χ0n) is 10.3. The van der Waals surface area contributed by atoms with Gasteiger partial charge in [0.05, 0.1) is 5.92 Å². The highest BCUT2D eigenvalue weighted by atomic mass is 35.5. The van der Waals surface area contributed by atoms with Crippen LogP contribution in [0.1, 0.15) is 13.8 Å². The third-order valence-corrected chi connectivity index (χ3v) is 2.84. The van der Waals surface area contributed by atoms with E-state index in [-0.39, 0.29) is 37.1 Å². The average Bonchev–Trinajstić information content (AvgIpc) is 2.74. The molecule has 0 radical (unpaired) electrons. The molecule has 18 heavy (non-hydrogen) atoms. The first kappa shape index (κ1) is 14.6. The fraction of sp³-hybridized carbons (Fsp3) is 0.417. The van der Waals surface area contributed by atoms with Crippen LogP contribution in [0.3, 0.4) is 0 Å². The van der Waals surface area contributed by atoms with Gasteiger partial charge in [-0.1, -0.05) is 6.92 Å². The molecular formula is C12H17ClN2O3. The predicted octanol–water partition coefficient (Wildman–Crippen LogP) is 1.76. The van der Waals surface area contributed by atoms with Crippen molar-refractivity contribution in [2.45, 2.75) is 19.9 Å². The van der Waals surface area contributed by atoms with Crippen molar-refractivity contribution in [3.63, 3.8) is 0 Å². The number of nitrogens with two attached hydrogens (primary N) is 1. The highest BCUT2D eigenvalue weighted by molar-refractivity contribution is 5.93. The number of carbonyl (C=O) groups excluding carboxylic acids is 1. The van der Waals surface area contributed by atoms with Crippen LogP contribution in [0.4, 0.5) is 5.69 Å². The van der Waals surface area contributed by atoms with Crippen LogP contribution in [0.15, 0.2) is 18.2 Å². The number of nitrogens with one attached hydrogen (secondary N) is 1. The van der Waals surface area contributed by atoms with Gasteiger partial charge in [0.1, 0.15) is 0 Å². The fourth-order valence-corrected chi connectivity index (χ4v) is 1.47. The van der Waals surface area contributed by atoms with Crippen molar-refractivity contribution in [1.29, 1.82) is 0 Å². The second-order valence-corrected chi connectivity index (χ2v) is 4.21. The lowest BCUT2D eigenvalue weighted by Gasteiger charge is -2.15. The molecule has 1 amide bonds. The Morgan fingerprint density at radius 3 is 2.67 bits per heavy atom. The summed E-state index contributed by atoms with van der Waals surface area (Å²) in [6.45, 7) is 3.83. The number of amides is 1. The molecule has 1 aliphatic rings. The third-order valence-electron chi connectivity index (χ3n) is 2.84. The van der Waals surface area contributed by atoms with E-state index in [1.54, 1.807) is 25.1 Å². The molecule has 0 aliphatic carbocycles. The van der Waals surface area contributed by atoms with Crippen molar-refractivity contribution < 1.29 is 14.3 Å². The van der Waals surface area contributed by atoms with Crippen molar-refractivity contribution >= 4 is 24.0 Å². The molecule has 2 atom stereocenters. The van der Waals surface area contributed by atoms with Crippen molar-refractivity contribution in [1.82, 2.24) is 0 Å². The van der Waals surface area contributed by atoms with Crippen LogP contribution in [-0.2, 0) is 4.79 Å². The molecule has 5 nitrogen and oxygen atoms in total. The lowest BCUT2D eigenvalue weighted by Crippen LogP contribution is -2.34. The van der Waals surface area contributed by atoms with E-state index >= 15 is 0 Å². The van der Waals surface area contributed by atoms with Crippen LogP contribution >= 0.6 is 12.4 Å². The lowest BCUT2D eigenvalue weighted by atomic mass is 10.0. The molecule has 2 unspecified atom stereocenters. The third kappa shape index (κ3) is 3.05. The van der Waals surface area contributed by atoms with Gasteiger partial charge >= 0.3 is 0 Å². The van der Waals surface area contributed by atoms with Crippen LogP contribution in [0, 0.1) is 5.92 Å². The second-order valence-electron chi connectivity index (χ2n) is 4.21. The summed E-state index contributed by atoms with van der Waals surface area (Å²) in [5.41, 5.74) is 6.36. The summed E-state index contributed by atoms with van der Waals surface area (Å²) in [5, 5.41) is 2.80. The Balaban J connectivity index is 0.00000162. The van der Waals surface area contributed by atoms with Crippen LogP contribution in [-0.4, -0.2) is 18.7 Å². The summed E-state index contributed by atoms with van der Waals surface area (Å²) in [6.07, 6.45) is 0. The first-order valence-corrected chi connectivity index (χ1v) is 5.54. The molecule has 3 N–H and O–H groups in total. The highest BCUT2D eigenvalue weighted by Gasteiger charge is 2.18. The van der Waals surface area contributed by atoms with Crippen molar-refractivity contribution in [2.75, 3.05) is 12.1 Å². The Morgan fingerprint density at radius 2 is 2.00 bits per heavy atom. The highest BCUT2D eigenvalue weighted by Crippen LogP contribution is 2.34. The topological polar surface area (TPSA) is 73.6 Å². The molecule has 0 fully saturated rings. The maximum atomic E-state index is 11.8. The fourth-order valence-electron chi connectivity index (χ4n) is 1.47. The quantitative estimate of drug-likeness (QED) is 0.879. The molecule has 1 heterocycles. The Labute approximate surface area is 112 Å². The van der Waals surface area contributed by atoms with Gasteiger partial charge < -0.3 is 20.5 Å². The smallest absolute Gasteiger partial charge is 0.231 e. The minimum absolute atomic E-state index is 0. The van der Waals surface area contributed by atoms with Gasteiger partial charge in [-0.2, -0.15) is 0 Å². The van der Waals surface area contributed by atoms with E-state index in [4.69, 9.17) is 15.2 Å². The number of ether oxygens (including phenoxy) is 2. The van der Waals surface area contributed by atoms with Gasteiger partial charge in [-0.05, 0) is 19.1 Å². The van der Waals surface area contributed by atoms with Crippen molar-refractivity contribution in [3.05, 3.63) is 18.2 Å². The van der Waals surface area contributed by atoms with E-state index in [9.17, 15) is 4.79 Å². The van der Waals surface area contributed by atoms with Gasteiger partial charge in [-0.15, -0.1) is 12.4 Å². The molecule has 1 aromatic rings. The number of hydrogen-bond acceptors (Lipinski definition) is 4. The Bertz CT molecular complexity index is 437. The number of benzene rings is 1. The van der Waals surface area contributed by atoms with Crippen LogP contribution in [0.5, 0.6) is 11.5 Å². The molecule has 2 rings (SSSR count). The standard InChI is InChI=1S/C12H16N2O3.ClH/c1-7(8(2)13)12(15)14-9-3-4-10-11(5-9)17-6-16-10;/h3-5,7-8H,6,13H2,1-2H3,(H,14,15);1H. The molecule has 1 aliphatic heterocycles. The molecule has 100 valence electrons. The van der Waals surface area contributed by atoms with Crippen LogP contribution in [0.25, 0.3) is 0 Å². The Morgan fingerprint density at radius 1 is 1.33 bits per heavy atom. The summed E-state index contributed by atoms with van der Waals surface area (Å²) >= 11 is 0. The second kappa shape index (κ2) is 5.93. The number of carbonyl (C=O) groups is 1. The lowest BCUT2D eigenvalue weighted by molar-refractivity contribution is -0.119. The van der Waals surface area contributed by atoms with Crippen LogP contribution < -0.4 is 20.5 Å². The van der Waals surface area contributed by atoms with E-state index in [1.165, 1.54) is 0 Å². The minimum atomic E-state index is -0.236. The molecule has 0 saturated heterocycles. The summed E-state index contributed by atoms with van der Waals surface area (Å²) < 4.78 is 10.4. The molecular weight excluding hydrogens is 256 g/mol. The monoisotopic (exact) mass is 272 g/mol. The first-order valence-electron chi connectivity index (χ1n) is 5.54. The number of fused-ring (bicyclic) bond motifs is 1. The van der Waals surface area contributed by atoms with Gasteiger partial charge in [0.15, 0.2) is 11.5 Å². The van der Waals surface area contributed by atoms with Gasteiger partial charge in [0, 0.05) is 17.8 Å². The van der Waals surface area contributed by atoms with E-state index in [2.05, 4.69) is 5.32 Å². The summed E-state index contributed by atoms with van der Waals surface area (Å²) in [4.78, 5) is 11.8. The van der Waals surface area contributed by atoms with Crippen molar-refractivity contribution in [3.8, 4) is 11.5 Å². The zero-order chi connectivity index (χ0) is 12.4. The Kier molecular flexibility index (Phi) is 4.81. The van der Waals surface area contributed by atoms with E-state index in [1.807, 2.05) is 6.92 Å². The maximum absolute atomic E-state index is 11.8. The van der Waals surface area contributed by atoms with E-state index in [0.29, 0.717) is 17.2 Å². The predicted molar refractivity (Wildman–Crippen MR) is 71.3 cm³/mol. The summed E-state index contributed by atoms with van der Waals surface area (Å²) in [5.74, 6) is 1.01. The largest absolute Gasteiger partial charge is 0.454 e. The SMILES string of the molecule is CC(N)C(C)C(=O)Nc1ccc2c(c1)OCO2.Cl. The van der Waals surface area contributed by atoms with Crippen molar-refractivity contribution in [2.24, 2.45) is 11.7 Å². The number of hydrogen-bond donors (Lipinski definition) is 2.